The molecule has 0 spiro atoms. The quantitative estimate of drug-likeness (QED) is 0.438. The molecule has 8 heavy (non-hydrogen) atoms. The predicted molar refractivity (Wildman–Crippen MR) is 32.5 cm³/mol. The van der Waals surface area contributed by atoms with Crippen LogP contribution in [-0.4, -0.2) is 48.3 Å². The first-order chi connectivity index (χ1) is 3.06. The van der Waals surface area contributed by atoms with Crippen LogP contribution >= 0.6 is 0 Å². The SMILES string of the molecule is CCCS(=O)(=O)O.[Na]. The molecular weight excluding hydrogens is 139 g/mol. The fourth-order valence-corrected chi connectivity index (χ4v) is 0.774. The van der Waals surface area contributed by atoms with Gasteiger partial charge in [0.2, 0.25) is 0 Å². The van der Waals surface area contributed by atoms with E-state index in [1.165, 1.54) is 0 Å². The standard InChI is InChI=1S/C3H8O3S.Na/c1-2-3-7(4,5)6;/h2-3H2,1H3,(H,4,5,6);. The molecule has 1 radical (unpaired) electrons. The van der Waals surface area contributed by atoms with Crippen molar-refractivity contribution in [2.75, 3.05) is 5.75 Å². The van der Waals surface area contributed by atoms with Gasteiger partial charge in [-0.25, -0.2) is 0 Å². The van der Waals surface area contributed by atoms with Gasteiger partial charge in [0.05, 0.1) is 5.75 Å². The van der Waals surface area contributed by atoms with E-state index in [2.05, 4.69) is 0 Å². The molecule has 0 fully saturated rings. The second kappa shape index (κ2) is 4.76. The van der Waals surface area contributed by atoms with Crippen LogP contribution in [0.2, 0.25) is 0 Å². The van der Waals surface area contributed by atoms with Crippen LogP contribution in [0.1, 0.15) is 13.3 Å². The number of rotatable bonds is 2. The molecule has 0 unspecified atom stereocenters. The Hall–Kier alpha value is 0.910. The summed E-state index contributed by atoms with van der Waals surface area (Å²) in [5.41, 5.74) is 0. The molecule has 0 amide bonds. The van der Waals surface area contributed by atoms with Crippen molar-refractivity contribution in [2.24, 2.45) is 0 Å². The van der Waals surface area contributed by atoms with Crippen LogP contribution in [0, 0.1) is 0 Å². The Bertz CT molecular complexity index is 127. The Balaban J connectivity index is 0. The van der Waals surface area contributed by atoms with Gasteiger partial charge in [-0.2, -0.15) is 8.42 Å². The number of hydrogen-bond donors (Lipinski definition) is 1. The molecule has 0 aromatic heterocycles. The van der Waals surface area contributed by atoms with Gasteiger partial charge in [0.1, 0.15) is 0 Å². The summed E-state index contributed by atoms with van der Waals surface area (Å²) < 4.78 is 27.6. The third-order valence-corrected chi connectivity index (χ3v) is 1.39. The molecule has 3 nitrogen and oxygen atoms in total. The van der Waals surface area contributed by atoms with Crippen molar-refractivity contribution >= 4 is 39.7 Å². The van der Waals surface area contributed by atoms with E-state index >= 15 is 0 Å². The predicted octanol–water partition coefficient (Wildman–Crippen LogP) is -0.0966. The van der Waals surface area contributed by atoms with Gasteiger partial charge in [-0.3, -0.25) is 4.55 Å². The van der Waals surface area contributed by atoms with Gasteiger partial charge in [0, 0.05) is 29.6 Å². The topological polar surface area (TPSA) is 54.4 Å². The minimum absolute atomic E-state index is 0. The molecule has 0 aliphatic carbocycles. The first-order valence-corrected chi connectivity index (χ1v) is 3.62. The van der Waals surface area contributed by atoms with Crippen molar-refractivity contribution in [3.63, 3.8) is 0 Å². The Morgan fingerprint density at radius 3 is 1.88 bits per heavy atom. The second-order valence-electron chi connectivity index (χ2n) is 1.29. The van der Waals surface area contributed by atoms with E-state index in [-0.39, 0.29) is 35.3 Å². The summed E-state index contributed by atoms with van der Waals surface area (Å²) in [6.45, 7) is 1.69. The zero-order chi connectivity index (χ0) is 5.91. The summed E-state index contributed by atoms with van der Waals surface area (Å²) in [4.78, 5) is 0. The Morgan fingerprint density at radius 2 is 1.88 bits per heavy atom. The molecule has 0 aromatic carbocycles. The average Bonchev–Trinajstić information content (AvgIpc) is 1.30. The molecular formula is C3H8NaO3S. The Kier molecular flexibility index (Phi) is 6.94. The van der Waals surface area contributed by atoms with Gasteiger partial charge in [-0.15, -0.1) is 0 Å². The fraction of sp³-hybridized carbons (Fsp3) is 1.00. The van der Waals surface area contributed by atoms with E-state index in [9.17, 15) is 8.42 Å². The fourth-order valence-electron chi connectivity index (χ4n) is 0.258. The van der Waals surface area contributed by atoms with Crippen LogP contribution in [0.5, 0.6) is 0 Å². The van der Waals surface area contributed by atoms with Crippen LogP contribution in [-0.2, 0) is 10.1 Å². The van der Waals surface area contributed by atoms with Gasteiger partial charge in [-0.1, -0.05) is 6.92 Å². The van der Waals surface area contributed by atoms with E-state index in [0.29, 0.717) is 6.42 Å². The molecule has 5 heteroatoms. The minimum atomic E-state index is -3.67. The van der Waals surface area contributed by atoms with Crippen molar-refractivity contribution in [3.8, 4) is 0 Å². The molecule has 0 aliphatic heterocycles. The van der Waals surface area contributed by atoms with Crippen LogP contribution in [0.15, 0.2) is 0 Å². The Morgan fingerprint density at radius 1 is 1.50 bits per heavy atom. The van der Waals surface area contributed by atoms with Crippen molar-refractivity contribution in [3.05, 3.63) is 0 Å². The smallest absolute Gasteiger partial charge is 0.264 e. The monoisotopic (exact) mass is 147 g/mol. The largest absolute Gasteiger partial charge is 0.286 e. The van der Waals surface area contributed by atoms with E-state index < -0.39 is 10.1 Å². The van der Waals surface area contributed by atoms with Crippen molar-refractivity contribution in [1.29, 1.82) is 0 Å². The van der Waals surface area contributed by atoms with Gasteiger partial charge in [-0.05, 0) is 6.42 Å². The minimum Gasteiger partial charge on any atom is -0.286 e. The summed E-state index contributed by atoms with van der Waals surface area (Å²) in [5.74, 6) is -0.132. The summed E-state index contributed by atoms with van der Waals surface area (Å²) in [5, 5.41) is 0. The average molecular weight is 147 g/mol. The van der Waals surface area contributed by atoms with Gasteiger partial charge in [0.25, 0.3) is 10.1 Å². The van der Waals surface area contributed by atoms with Crippen molar-refractivity contribution in [2.45, 2.75) is 13.3 Å². The molecule has 0 heterocycles. The molecule has 45 valence electrons. The first-order valence-electron chi connectivity index (χ1n) is 2.01. The molecule has 0 aliphatic rings. The van der Waals surface area contributed by atoms with Gasteiger partial charge >= 0.3 is 0 Å². The molecule has 1 N–H and O–H groups in total. The zero-order valence-electron chi connectivity index (χ0n) is 5.09. The van der Waals surface area contributed by atoms with Crippen LogP contribution < -0.4 is 0 Å². The van der Waals surface area contributed by atoms with Crippen LogP contribution in [0.3, 0.4) is 0 Å². The maximum Gasteiger partial charge on any atom is 0.264 e. The van der Waals surface area contributed by atoms with Crippen molar-refractivity contribution < 1.29 is 13.0 Å². The normalized spacial score (nSPS) is 10.2. The van der Waals surface area contributed by atoms with E-state index in [1.807, 2.05) is 0 Å². The summed E-state index contributed by atoms with van der Waals surface area (Å²) in [6, 6.07) is 0. The van der Waals surface area contributed by atoms with Crippen LogP contribution in [0.25, 0.3) is 0 Å². The maximum absolute atomic E-state index is 9.79. The third kappa shape index (κ3) is 10.0. The number of hydrogen-bond acceptors (Lipinski definition) is 2. The zero-order valence-corrected chi connectivity index (χ0v) is 7.90. The Labute approximate surface area is 71.5 Å². The summed E-state index contributed by atoms with van der Waals surface area (Å²) in [6.07, 6.45) is 0.471. The van der Waals surface area contributed by atoms with E-state index in [4.69, 9.17) is 4.55 Å². The molecule has 0 saturated carbocycles. The molecule has 0 bridgehead atoms. The summed E-state index contributed by atoms with van der Waals surface area (Å²) in [7, 11) is -3.67. The molecule has 0 rings (SSSR count). The van der Waals surface area contributed by atoms with Crippen LogP contribution in [0.4, 0.5) is 0 Å². The maximum atomic E-state index is 9.79. The van der Waals surface area contributed by atoms with Gasteiger partial charge < -0.3 is 0 Å². The van der Waals surface area contributed by atoms with E-state index in [1.54, 1.807) is 6.92 Å². The third-order valence-electron chi connectivity index (χ3n) is 0.462. The molecule has 0 saturated heterocycles. The molecule has 0 atom stereocenters. The second-order valence-corrected chi connectivity index (χ2v) is 2.86. The molecule has 0 aromatic rings. The van der Waals surface area contributed by atoms with Crippen molar-refractivity contribution in [1.82, 2.24) is 0 Å². The van der Waals surface area contributed by atoms with E-state index in [0.717, 1.165) is 0 Å². The summed E-state index contributed by atoms with van der Waals surface area (Å²) >= 11 is 0. The first kappa shape index (κ1) is 11.7. The van der Waals surface area contributed by atoms with Gasteiger partial charge in [0.15, 0.2) is 0 Å².